The Morgan fingerprint density at radius 3 is 2.50 bits per heavy atom. The summed E-state index contributed by atoms with van der Waals surface area (Å²) in [5, 5.41) is 0. The molecular formula is C12H12N4O2. The van der Waals surface area contributed by atoms with E-state index in [1.54, 1.807) is 24.7 Å². The molecule has 2 heterocycles. The van der Waals surface area contributed by atoms with E-state index in [1.165, 1.54) is 18.7 Å². The number of nitrogens with zero attached hydrogens (tertiary/aromatic N) is 4. The topological polar surface area (TPSA) is 77.7 Å². The van der Waals surface area contributed by atoms with Gasteiger partial charge in [0.05, 0.1) is 18.4 Å². The van der Waals surface area contributed by atoms with Gasteiger partial charge in [0.15, 0.2) is 11.6 Å². The van der Waals surface area contributed by atoms with Gasteiger partial charge in [-0.3, -0.25) is 14.6 Å². The van der Waals surface area contributed by atoms with Gasteiger partial charge in [-0.1, -0.05) is 0 Å². The Hall–Kier alpha value is -2.37. The predicted molar refractivity (Wildman–Crippen MR) is 63.3 cm³/mol. The van der Waals surface area contributed by atoms with Gasteiger partial charge in [-0.25, -0.2) is 9.97 Å². The first-order valence-electron chi connectivity index (χ1n) is 5.40. The van der Waals surface area contributed by atoms with Crippen molar-refractivity contribution in [1.29, 1.82) is 0 Å². The number of ketones is 2. The molecule has 0 aliphatic rings. The number of carbonyl (C=O) groups is 2. The van der Waals surface area contributed by atoms with Crippen molar-refractivity contribution in [3.63, 3.8) is 0 Å². The summed E-state index contributed by atoms with van der Waals surface area (Å²) in [5.74, 6) is -0.651. The van der Waals surface area contributed by atoms with Crippen molar-refractivity contribution in [3.8, 4) is 0 Å². The lowest BCUT2D eigenvalue weighted by molar-refractivity contribution is 0.0888. The van der Waals surface area contributed by atoms with Crippen LogP contribution in [0.5, 0.6) is 0 Å². The molecule has 6 heteroatoms. The minimum atomic E-state index is -0.337. The first kappa shape index (κ1) is 12.1. The molecule has 2 aromatic rings. The molecule has 0 radical (unpaired) electrons. The lowest BCUT2D eigenvalue weighted by atomic mass is 10.1. The van der Waals surface area contributed by atoms with Crippen molar-refractivity contribution >= 4 is 11.6 Å². The number of aromatic nitrogens is 4. The molecule has 0 aliphatic carbocycles. The highest BCUT2D eigenvalue weighted by Gasteiger charge is 2.18. The van der Waals surface area contributed by atoms with Gasteiger partial charge in [-0.15, -0.1) is 0 Å². The molecule has 92 valence electrons. The van der Waals surface area contributed by atoms with Gasteiger partial charge in [0.2, 0.25) is 0 Å². The molecule has 0 aliphatic heterocycles. The third-order valence-electron chi connectivity index (χ3n) is 2.46. The SMILES string of the molecule is Cc1nccnc1C(=O)CC(=O)c1cn(C)cn1. The van der Waals surface area contributed by atoms with E-state index >= 15 is 0 Å². The Morgan fingerprint density at radius 2 is 1.89 bits per heavy atom. The van der Waals surface area contributed by atoms with Gasteiger partial charge in [-0.05, 0) is 6.92 Å². The molecule has 0 amide bonds. The van der Waals surface area contributed by atoms with Crippen LogP contribution in [0.25, 0.3) is 0 Å². The van der Waals surface area contributed by atoms with Crippen LogP contribution in [0.4, 0.5) is 0 Å². The second-order valence-electron chi connectivity index (χ2n) is 3.94. The Balaban J connectivity index is 2.13. The van der Waals surface area contributed by atoms with Crippen molar-refractivity contribution in [2.24, 2.45) is 7.05 Å². The van der Waals surface area contributed by atoms with E-state index in [9.17, 15) is 9.59 Å². The number of carbonyl (C=O) groups excluding carboxylic acids is 2. The molecule has 0 saturated carbocycles. The summed E-state index contributed by atoms with van der Waals surface area (Å²) in [5.41, 5.74) is 1.05. The van der Waals surface area contributed by atoms with Crippen LogP contribution >= 0.6 is 0 Å². The lowest BCUT2D eigenvalue weighted by Gasteiger charge is -2.00. The first-order valence-corrected chi connectivity index (χ1v) is 5.40. The summed E-state index contributed by atoms with van der Waals surface area (Å²) >= 11 is 0. The predicted octanol–water partition coefficient (Wildman–Crippen LogP) is 0.974. The maximum atomic E-state index is 11.9. The number of hydrogen-bond donors (Lipinski definition) is 0. The van der Waals surface area contributed by atoms with Crippen LogP contribution in [0.3, 0.4) is 0 Å². The fraction of sp³-hybridized carbons (Fsp3) is 0.250. The van der Waals surface area contributed by atoms with Gasteiger partial charge in [0.25, 0.3) is 0 Å². The molecule has 18 heavy (non-hydrogen) atoms. The quantitative estimate of drug-likeness (QED) is 0.591. The van der Waals surface area contributed by atoms with Crippen LogP contribution in [-0.2, 0) is 7.05 Å². The lowest BCUT2D eigenvalue weighted by Crippen LogP contribution is -2.12. The fourth-order valence-corrected chi connectivity index (χ4v) is 1.56. The molecule has 0 spiro atoms. The van der Waals surface area contributed by atoms with E-state index in [1.807, 2.05) is 0 Å². The second kappa shape index (κ2) is 4.87. The zero-order valence-corrected chi connectivity index (χ0v) is 10.1. The van der Waals surface area contributed by atoms with Crippen LogP contribution in [0.15, 0.2) is 24.9 Å². The third-order valence-corrected chi connectivity index (χ3v) is 2.46. The zero-order valence-electron chi connectivity index (χ0n) is 10.1. The Kier molecular flexibility index (Phi) is 3.27. The summed E-state index contributed by atoms with van der Waals surface area (Å²) < 4.78 is 1.66. The average Bonchev–Trinajstić information content (AvgIpc) is 2.76. The van der Waals surface area contributed by atoms with Crippen molar-refractivity contribution in [3.05, 3.63) is 42.0 Å². The minimum absolute atomic E-state index is 0.238. The van der Waals surface area contributed by atoms with Gasteiger partial charge < -0.3 is 4.57 Å². The number of hydrogen-bond acceptors (Lipinski definition) is 5. The smallest absolute Gasteiger partial charge is 0.190 e. The van der Waals surface area contributed by atoms with E-state index in [0.717, 1.165) is 0 Å². The zero-order chi connectivity index (χ0) is 13.1. The number of imidazole rings is 1. The van der Waals surface area contributed by atoms with Gasteiger partial charge in [0, 0.05) is 25.6 Å². The Bertz CT molecular complexity index is 604. The fourth-order valence-electron chi connectivity index (χ4n) is 1.56. The summed E-state index contributed by atoms with van der Waals surface area (Å²) in [6.45, 7) is 1.69. The number of aryl methyl sites for hydroxylation is 2. The van der Waals surface area contributed by atoms with Crippen molar-refractivity contribution in [2.75, 3.05) is 0 Å². The monoisotopic (exact) mass is 244 g/mol. The van der Waals surface area contributed by atoms with Crippen LogP contribution < -0.4 is 0 Å². The van der Waals surface area contributed by atoms with Gasteiger partial charge >= 0.3 is 0 Å². The maximum Gasteiger partial charge on any atom is 0.190 e. The van der Waals surface area contributed by atoms with Crippen molar-refractivity contribution < 1.29 is 9.59 Å². The normalized spacial score (nSPS) is 10.3. The Morgan fingerprint density at radius 1 is 1.17 bits per heavy atom. The van der Waals surface area contributed by atoms with Crippen LogP contribution in [-0.4, -0.2) is 31.1 Å². The molecule has 0 bridgehead atoms. The highest BCUT2D eigenvalue weighted by Crippen LogP contribution is 2.07. The second-order valence-corrected chi connectivity index (χ2v) is 3.94. The van der Waals surface area contributed by atoms with Crippen LogP contribution in [0.1, 0.15) is 33.1 Å². The van der Waals surface area contributed by atoms with Crippen LogP contribution in [0.2, 0.25) is 0 Å². The molecule has 6 nitrogen and oxygen atoms in total. The summed E-state index contributed by atoms with van der Waals surface area (Å²) in [6.07, 6.45) is 5.80. The highest BCUT2D eigenvalue weighted by molar-refractivity contribution is 6.12. The average molecular weight is 244 g/mol. The number of Topliss-reactive ketones (excluding diaryl/α,β-unsaturated/α-hetero) is 2. The molecule has 0 unspecified atom stereocenters. The van der Waals surface area contributed by atoms with Crippen LogP contribution in [0, 0.1) is 6.92 Å². The van der Waals surface area contributed by atoms with E-state index in [2.05, 4.69) is 15.0 Å². The summed E-state index contributed by atoms with van der Waals surface area (Å²) in [4.78, 5) is 35.5. The third kappa shape index (κ3) is 2.48. The molecular weight excluding hydrogens is 232 g/mol. The standard InChI is InChI=1S/C12H12N4O2/c1-8-12(14-4-3-13-8)11(18)5-10(17)9-6-16(2)7-15-9/h3-4,6-7H,5H2,1-2H3. The maximum absolute atomic E-state index is 11.9. The molecule has 0 N–H and O–H groups in total. The number of rotatable bonds is 4. The molecule has 2 aromatic heterocycles. The van der Waals surface area contributed by atoms with E-state index in [4.69, 9.17) is 0 Å². The van der Waals surface area contributed by atoms with E-state index in [-0.39, 0.29) is 29.4 Å². The highest BCUT2D eigenvalue weighted by atomic mass is 16.1. The molecule has 0 aromatic carbocycles. The van der Waals surface area contributed by atoms with E-state index in [0.29, 0.717) is 5.69 Å². The van der Waals surface area contributed by atoms with Crippen molar-refractivity contribution in [1.82, 2.24) is 19.5 Å². The Labute approximate surface area is 104 Å². The largest absolute Gasteiger partial charge is 0.340 e. The molecule has 0 saturated heterocycles. The van der Waals surface area contributed by atoms with Gasteiger partial charge in [0.1, 0.15) is 11.4 Å². The molecule has 2 rings (SSSR count). The molecule has 0 fully saturated rings. The minimum Gasteiger partial charge on any atom is -0.340 e. The molecule has 0 atom stereocenters. The van der Waals surface area contributed by atoms with Crippen molar-refractivity contribution in [2.45, 2.75) is 13.3 Å². The summed E-state index contributed by atoms with van der Waals surface area (Å²) in [7, 11) is 1.76. The van der Waals surface area contributed by atoms with Gasteiger partial charge in [-0.2, -0.15) is 0 Å². The first-order chi connectivity index (χ1) is 8.58. The summed E-state index contributed by atoms with van der Waals surface area (Å²) in [6, 6.07) is 0. The van der Waals surface area contributed by atoms with E-state index < -0.39 is 0 Å².